The largest absolute Gasteiger partial charge is 0.481 e. The quantitative estimate of drug-likeness (QED) is 0.844. The van der Waals surface area contributed by atoms with Gasteiger partial charge in [-0.3, -0.25) is 4.79 Å². The van der Waals surface area contributed by atoms with Gasteiger partial charge in [-0.1, -0.05) is 25.2 Å². The van der Waals surface area contributed by atoms with E-state index in [2.05, 4.69) is 21.9 Å². The first kappa shape index (κ1) is 12.7. The summed E-state index contributed by atoms with van der Waals surface area (Å²) >= 11 is 4.90. The van der Waals surface area contributed by atoms with Crippen LogP contribution in [0.2, 0.25) is 0 Å². The van der Waals surface area contributed by atoms with E-state index in [1.807, 2.05) is 6.07 Å². The zero-order valence-corrected chi connectivity index (χ0v) is 11.7. The van der Waals surface area contributed by atoms with Crippen LogP contribution in [0.1, 0.15) is 42.5 Å². The van der Waals surface area contributed by atoms with Crippen molar-refractivity contribution >= 4 is 33.2 Å². The van der Waals surface area contributed by atoms with Crippen LogP contribution < -0.4 is 0 Å². The first-order valence-electron chi connectivity index (χ1n) is 5.60. The van der Waals surface area contributed by atoms with Crippen LogP contribution >= 0.6 is 27.3 Å². The molecule has 1 fully saturated rings. The Morgan fingerprint density at radius 3 is 2.59 bits per heavy atom. The minimum absolute atomic E-state index is 0.710. The number of aliphatic carboxylic acids is 1. The molecule has 2 rings (SSSR count). The van der Waals surface area contributed by atoms with Crippen LogP contribution in [-0.4, -0.2) is 11.1 Å². The van der Waals surface area contributed by atoms with Gasteiger partial charge >= 0.3 is 5.97 Å². The zero-order chi connectivity index (χ0) is 12.5. The number of carbonyl (C=O) groups is 1. The van der Waals surface area contributed by atoms with Gasteiger partial charge in [-0.15, -0.1) is 17.8 Å². The molecule has 0 bridgehead atoms. The maximum Gasteiger partial charge on any atom is 0.314 e. The van der Waals surface area contributed by atoms with Crippen molar-refractivity contribution in [1.82, 2.24) is 0 Å². The summed E-state index contributed by atoms with van der Waals surface area (Å²) in [5, 5.41) is 9.58. The molecule has 1 N–H and O–H groups in total. The number of halogens is 1. The highest BCUT2D eigenvalue weighted by Gasteiger charge is 2.43. The summed E-state index contributed by atoms with van der Waals surface area (Å²) in [4.78, 5) is 12.4. The second-order valence-corrected chi connectivity index (χ2v) is 6.76. The van der Waals surface area contributed by atoms with Crippen molar-refractivity contribution in [3.05, 3.63) is 20.3 Å². The monoisotopic (exact) mass is 312 g/mol. The molecule has 0 spiro atoms. The van der Waals surface area contributed by atoms with E-state index < -0.39 is 11.4 Å². The zero-order valence-electron chi connectivity index (χ0n) is 9.33. The topological polar surface area (TPSA) is 37.3 Å². The van der Waals surface area contributed by atoms with E-state index in [1.54, 1.807) is 0 Å². The molecule has 17 heavy (non-hydrogen) atoms. The van der Waals surface area contributed by atoms with Gasteiger partial charge in [0.05, 0.1) is 14.1 Å². The molecular formula is C13H13BrO2S. The average Bonchev–Trinajstić information content (AvgIpc) is 2.71. The van der Waals surface area contributed by atoms with Gasteiger partial charge in [-0.25, -0.2) is 0 Å². The van der Waals surface area contributed by atoms with Crippen LogP contribution in [0.5, 0.6) is 0 Å². The van der Waals surface area contributed by atoms with Crippen molar-refractivity contribution in [3.8, 4) is 12.3 Å². The van der Waals surface area contributed by atoms with Crippen molar-refractivity contribution in [1.29, 1.82) is 0 Å². The summed E-state index contributed by atoms with van der Waals surface area (Å²) in [6, 6.07) is 1.86. The number of carboxylic acid groups (broad SMARTS) is 1. The summed E-state index contributed by atoms with van der Waals surface area (Å²) in [5.74, 6) is 1.86. The smallest absolute Gasteiger partial charge is 0.314 e. The van der Waals surface area contributed by atoms with E-state index in [0.717, 1.165) is 33.5 Å². The van der Waals surface area contributed by atoms with Crippen LogP contribution in [-0.2, 0) is 10.2 Å². The van der Waals surface area contributed by atoms with Gasteiger partial charge in [0.2, 0.25) is 0 Å². The molecule has 0 unspecified atom stereocenters. The lowest BCUT2D eigenvalue weighted by Gasteiger charge is -2.33. The first-order chi connectivity index (χ1) is 8.10. The van der Waals surface area contributed by atoms with Crippen molar-refractivity contribution in [3.63, 3.8) is 0 Å². The molecule has 1 aliphatic rings. The molecule has 0 amide bonds. The van der Waals surface area contributed by atoms with Gasteiger partial charge in [-0.2, -0.15) is 0 Å². The summed E-state index contributed by atoms with van der Waals surface area (Å²) in [6.45, 7) is 0. The second kappa shape index (κ2) is 4.83. The highest BCUT2D eigenvalue weighted by atomic mass is 79.9. The third-order valence-electron chi connectivity index (χ3n) is 3.46. The average molecular weight is 313 g/mol. The Balaban J connectivity index is 2.49. The van der Waals surface area contributed by atoms with E-state index >= 15 is 0 Å². The maximum absolute atomic E-state index is 11.7. The van der Waals surface area contributed by atoms with Gasteiger partial charge in [0, 0.05) is 0 Å². The Labute approximate surface area is 113 Å². The number of thiophene rings is 1. The minimum Gasteiger partial charge on any atom is -0.481 e. The molecule has 0 aliphatic heterocycles. The highest BCUT2D eigenvalue weighted by molar-refractivity contribution is 9.11. The molecule has 0 atom stereocenters. The minimum atomic E-state index is -0.733. The molecule has 4 heteroatoms. The van der Waals surface area contributed by atoms with Crippen molar-refractivity contribution in [2.24, 2.45) is 0 Å². The SMILES string of the molecule is C#Cc1cc(C2(C(=O)O)CCCCC2)c(Br)s1. The Hall–Kier alpha value is -0.790. The number of hydrogen-bond acceptors (Lipinski definition) is 2. The third kappa shape index (κ3) is 2.14. The fourth-order valence-electron chi connectivity index (χ4n) is 2.52. The molecule has 1 saturated carbocycles. The maximum atomic E-state index is 11.7. The fraction of sp³-hybridized carbons (Fsp3) is 0.462. The number of hydrogen-bond donors (Lipinski definition) is 1. The fourth-order valence-corrected chi connectivity index (χ4v) is 4.33. The summed E-state index contributed by atoms with van der Waals surface area (Å²) < 4.78 is 0.870. The van der Waals surface area contributed by atoms with Crippen LogP contribution in [0, 0.1) is 12.3 Å². The Bertz CT molecular complexity index is 478. The Morgan fingerprint density at radius 2 is 2.12 bits per heavy atom. The highest BCUT2D eigenvalue weighted by Crippen LogP contribution is 2.45. The third-order valence-corrected chi connectivity index (χ3v) is 5.23. The number of carboxylic acids is 1. The molecular weight excluding hydrogens is 300 g/mol. The van der Waals surface area contributed by atoms with E-state index in [4.69, 9.17) is 6.42 Å². The van der Waals surface area contributed by atoms with Crippen molar-refractivity contribution in [2.45, 2.75) is 37.5 Å². The number of terminal acetylenes is 1. The molecule has 1 aromatic heterocycles. The van der Waals surface area contributed by atoms with Gasteiger partial charge in [-0.05, 0) is 40.4 Å². The van der Waals surface area contributed by atoms with Gasteiger partial charge in [0.15, 0.2) is 0 Å². The first-order valence-corrected chi connectivity index (χ1v) is 7.21. The predicted octanol–water partition coefficient (Wildman–Crippen LogP) is 3.78. The molecule has 1 heterocycles. The molecule has 0 aromatic carbocycles. The second-order valence-electron chi connectivity index (χ2n) is 4.39. The lowest BCUT2D eigenvalue weighted by molar-refractivity contribution is -0.145. The molecule has 1 aliphatic carbocycles. The predicted molar refractivity (Wildman–Crippen MR) is 72.4 cm³/mol. The van der Waals surface area contributed by atoms with Crippen LogP contribution in [0.4, 0.5) is 0 Å². The Morgan fingerprint density at radius 1 is 1.47 bits per heavy atom. The van der Waals surface area contributed by atoms with Crippen LogP contribution in [0.25, 0.3) is 0 Å². The van der Waals surface area contributed by atoms with Crippen LogP contribution in [0.3, 0.4) is 0 Å². The lowest BCUT2D eigenvalue weighted by atomic mass is 9.70. The van der Waals surface area contributed by atoms with Crippen molar-refractivity contribution < 1.29 is 9.90 Å². The molecule has 0 radical (unpaired) electrons. The summed E-state index contributed by atoms with van der Waals surface area (Å²) in [6.07, 6.45) is 9.86. The van der Waals surface area contributed by atoms with E-state index in [0.29, 0.717) is 12.8 Å². The molecule has 1 aromatic rings. The molecule has 90 valence electrons. The van der Waals surface area contributed by atoms with Gasteiger partial charge in [0.1, 0.15) is 0 Å². The molecule has 2 nitrogen and oxygen atoms in total. The normalized spacial score (nSPS) is 18.6. The van der Waals surface area contributed by atoms with Gasteiger partial charge < -0.3 is 5.11 Å². The standard InChI is InChI=1S/C13H13BrO2S/c1-2-9-8-10(11(14)17-9)13(12(15)16)6-4-3-5-7-13/h1,8H,3-7H2,(H,15,16). The summed E-state index contributed by atoms with van der Waals surface area (Å²) in [5.41, 5.74) is 0.130. The van der Waals surface area contributed by atoms with Crippen molar-refractivity contribution in [2.75, 3.05) is 0 Å². The van der Waals surface area contributed by atoms with E-state index in [1.165, 1.54) is 11.3 Å². The van der Waals surface area contributed by atoms with Crippen LogP contribution in [0.15, 0.2) is 9.85 Å². The van der Waals surface area contributed by atoms with Gasteiger partial charge in [0.25, 0.3) is 0 Å². The van der Waals surface area contributed by atoms with E-state index in [9.17, 15) is 9.90 Å². The molecule has 0 saturated heterocycles. The Kier molecular flexibility index (Phi) is 3.60. The lowest BCUT2D eigenvalue weighted by Crippen LogP contribution is -2.37. The van der Waals surface area contributed by atoms with E-state index in [-0.39, 0.29) is 0 Å². The summed E-state index contributed by atoms with van der Waals surface area (Å²) in [7, 11) is 0. The number of rotatable bonds is 2.